The molecule has 1 aliphatic carbocycles. The van der Waals surface area contributed by atoms with Crippen molar-refractivity contribution in [1.82, 2.24) is 10.2 Å². The molecule has 7 heteroatoms. The van der Waals surface area contributed by atoms with E-state index in [-0.39, 0.29) is 36.8 Å². The number of carbonyl (C=O) groups is 3. The van der Waals surface area contributed by atoms with Gasteiger partial charge >= 0.3 is 0 Å². The molecule has 1 saturated heterocycles. The normalized spacial score (nSPS) is 25.4. The standard InChI is InChI=1S/C16H16FN3O3/c17-11-6-8(16(18)3-4-16)5-9-10(11)7-20(15(9)23)12-1-2-13(21)19-14(12)22/h5-6,12H,1-4,7,18H2,(H,19,21,22). The minimum Gasteiger partial charge on any atom is -0.322 e. The molecule has 6 nitrogen and oxygen atoms in total. The first kappa shape index (κ1) is 14.3. The van der Waals surface area contributed by atoms with Gasteiger partial charge in [0.25, 0.3) is 5.91 Å². The van der Waals surface area contributed by atoms with Gasteiger partial charge in [0.1, 0.15) is 11.9 Å². The van der Waals surface area contributed by atoms with Gasteiger partial charge < -0.3 is 10.6 Å². The summed E-state index contributed by atoms with van der Waals surface area (Å²) in [5, 5.41) is 2.23. The monoisotopic (exact) mass is 317 g/mol. The van der Waals surface area contributed by atoms with Gasteiger partial charge in [0.15, 0.2) is 0 Å². The van der Waals surface area contributed by atoms with E-state index in [9.17, 15) is 18.8 Å². The van der Waals surface area contributed by atoms with E-state index in [0.717, 1.165) is 12.8 Å². The Balaban J connectivity index is 1.67. The van der Waals surface area contributed by atoms with Gasteiger partial charge in [-0.15, -0.1) is 0 Å². The number of nitrogens with one attached hydrogen (secondary N) is 1. The van der Waals surface area contributed by atoms with Gasteiger partial charge in [-0.3, -0.25) is 19.7 Å². The van der Waals surface area contributed by atoms with Crippen LogP contribution in [0.3, 0.4) is 0 Å². The van der Waals surface area contributed by atoms with Crippen molar-refractivity contribution in [3.8, 4) is 0 Å². The van der Waals surface area contributed by atoms with Crippen LogP contribution < -0.4 is 11.1 Å². The zero-order chi connectivity index (χ0) is 16.4. The van der Waals surface area contributed by atoms with Gasteiger partial charge in [0.2, 0.25) is 11.8 Å². The van der Waals surface area contributed by atoms with Crippen LogP contribution in [0.5, 0.6) is 0 Å². The van der Waals surface area contributed by atoms with E-state index in [2.05, 4.69) is 5.32 Å². The highest BCUT2D eigenvalue weighted by atomic mass is 19.1. The Morgan fingerprint density at radius 1 is 1.26 bits per heavy atom. The van der Waals surface area contributed by atoms with Gasteiger partial charge in [0.05, 0.1) is 6.54 Å². The van der Waals surface area contributed by atoms with Crippen LogP contribution in [0.25, 0.3) is 0 Å². The van der Waals surface area contributed by atoms with Gasteiger partial charge in [-0.2, -0.15) is 0 Å². The first-order valence-corrected chi connectivity index (χ1v) is 7.65. The van der Waals surface area contributed by atoms with E-state index in [4.69, 9.17) is 5.73 Å². The van der Waals surface area contributed by atoms with Crippen LogP contribution >= 0.6 is 0 Å². The number of halogens is 1. The Bertz CT molecular complexity index is 757. The molecule has 4 rings (SSSR count). The lowest BCUT2D eigenvalue weighted by Crippen LogP contribution is -2.52. The molecule has 2 aliphatic heterocycles. The van der Waals surface area contributed by atoms with Crippen molar-refractivity contribution in [3.05, 3.63) is 34.6 Å². The second kappa shape index (κ2) is 4.61. The van der Waals surface area contributed by atoms with E-state index >= 15 is 0 Å². The van der Waals surface area contributed by atoms with Crippen LogP contribution in [0.15, 0.2) is 12.1 Å². The molecule has 0 spiro atoms. The maximum Gasteiger partial charge on any atom is 0.255 e. The van der Waals surface area contributed by atoms with Crippen LogP contribution in [0.1, 0.15) is 47.2 Å². The number of nitrogens with zero attached hydrogens (tertiary/aromatic N) is 1. The molecule has 1 atom stereocenters. The van der Waals surface area contributed by atoms with Crippen molar-refractivity contribution >= 4 is 17.7 Å². The molecule has 1 unspecified atom stereocenters. The molecule has 1 saturated carbocycles. The van der Waals surface area contributed by atoms with Crippen LogP contribution in [-0.2, 0) is 21.7 Å². The molecule has 2 fully saturated rings. The summed E-state index contributed by atoms with van der Waals surface area (Å²) in [5.74, 6) is -1.68. The lowest BCUT2D eigenvalue weighted by molar-refractivity contribution is -0.136. The van der Waals surface area contributed by atoms with Crippen LogP contribution in [0, 0.1) is 5.82 Å². The molecule has 3 amide bonds. The molecule has 120 valence electrons. The molecule has 3 N–H and O–H groups in total. The van der Waals surface area contributed by atoms with Crippen LogP contribution in [0.4, 0.5) is 4.39 Å². The summed E-state index contributed by atoms with van der Waals surface area (Å²) in [6.07, 6.45) is 1.99. The molecule has 3 aliphatic rings. The number of rotatable bonds is 2. The van der Waals surface area contributed by atoms with Gasteiger partial charge in [-0.25, -0.2) is 4.39 Å². The molecule has 0 bridgehead atoms. The number of hydrogen-bond donors (Lipinski definition) is 2. The highest BCUT2D eigenvalue weighted by molar-refractivity contribution is 6.05. The van der Waals surface area contributed by atoms with Crippen molar-refractivity contribution in [2.24, 2.45) is 5.73 Å². The molecular formula is C16H16FN3O3. The fraction of sp³-hybridized carbons (Fsp3) is 0.438. The number of amides is 3. The summed E-state index contributed by atoms with van der Waals surface area (Å²) in [6, 6.07) is 2.32. The van der Waals surface area contributed by atoms with E-state index in [1.807, 2.05) is 0 Å². The molecule has 0 radical (unpaired) electrons. The number of nitrogens with two attached hydrogens (primary N) is 1. The van der Waals surface area contributed by atoms with Crippen LogP contribution in [-0.4, -0.2) is 28.7 Å². The summed E-state index contributed by atoms with van der Waals surface area (Å²) in [7, 11) is 0. The predicted octanol–water partition coefficient (Wildman–Crippen LogP) is 0.534. The second-order valence-electron chi connectivity index (χ2n) is 6.54. The first-order valence-electron chi connectivity index (χ1n) is 7.65. The Morgan fingerprint density at radius 3 is 2.65 bits per heavy atom. The summed E-state index contributed by atoms with van der Waals surface area (Å²) >= 11 is 0. The maximum atomic E-state index is 14.4. The summed E-state index contributed by atoms with van der Waals surface area (Å²) in [5.41, 5.74) is 6.78. The number of benzene rings is 1. The third-order valence-electron chi connectivity index (χ3n) is 4.97. The average molecular weight is 317 g/mol. The SMILES string of the molecule is NC1(c2cc(F)c3c(c2)C(=O)N(C2CCC(=O)NC2=O)C3)CC1. The van der Waals surface area contributed by atoms with E-state index in [1.54, 1.807) is 6.07 Å². The van der Waals surface area contributed by atoms with E-state index < -0.39 is 23.3 Å². The third-order valence-corrected chi connectivity index (χ3v) is 4.97. The number of hydrogen-bond acceptors (Lipinski definition) is 4. The van der Waals surface area contributed by atoms with E-state index in [0.29, 0.717) is 11.1 Å². The minimum atomic E-state index is -0.733. The molecule has 1 aromatic rings. The number of imide groups is 1. The summed E-state index contributed by atoms with van der Waals surface area (Å²) < 4.78 is 14.4. The van der Waals surface area contributed by atoms with Gasteiger partial charge in [-0.05, 0) is 37.0 Å². The quantitative estimate of drug-likeness (QED) is 0.779. The zero-order valence-electron chi connectivity index (χ0n) is 12.4. The fourth-order valence-corrected chi connectivity index (χ4v) is 3.33. The van der Waals surface area contributed by atoms with Gasteiger partial charge in [0, 0.05) is 23.1 Å². The average Bonchev–Trinajstić information content (AvgIpc) is 3.16. The number of fused-ring (bicyclic) bond motifs is 1. The number of carbonyl (C=O) groups excluding carboxylic acids is 3. The lowest BCUT2D eigenvalue weighted by Gasteiger charge is -2.29. The third kappa shape index (κ3) is 2.15. The first-order chi connectivity index (χ1) is 10.9. The smallest absolute Gasteiger partial charge is 0.255 e. The fourth-order valence-electron chi connectivity index (χ4n) is 3.33. The lowest BCUT2D eigenvalue weighted by atomic mass is 9.99. The molecular weight excluding hydrogens is 301 g/mol. The highest BCUT2D eigenvalue weighted by Crippen LogP contribution is 2.44. The summed E-state index contributed by atoms with van der Waals surface area (Å²) in [6.45, 7) is 0.0458. The van der Waals surface area contributed by atoms with Crippen LogP contribution in [0.2, 0.25) is 0 Å². The Kier molecular flexibility index (Phi) is 2.87. The predicted molar refractivity (Wildman–Crippen MR) is 77.5 cm³/mol. The van der Waals surface area contributed by atoms with Crippen molar-refractivity contribution in [2.75, 3.05) is 0 Å². The zero-order valence-corrected chi connectivity index (χ0v) is 12.4. The number of piperidine rings is 1. The van der Waals surface area contributed by atoms with E-state index in [1.165, 1.54) is 11.0 Å². The largest absolute Gasteiger partial charge is 0.322 e. The Morgan fingerprint density at radius 2 is 2.00 bits per heavy atom. The van der Waals surface area contributed by atoms with Crippen molar-refractivity contribution in [1.29, 1.82) is 0 Å². The summed E-state index contributed by atoms with van der Waals surface area (Å²) in [4.78, 5) is 37.2. The van der Waals surface area contributed by atoms with Crippen molar-refractivity contribution in [2.45, 2.75) is 43.8 Å². The Hall–Kier alpha value is -2.28. The van der Waals surface area contributed by atoms with Crippen molar-refractivity contribution < 1.29 is 18.8 Å². The molecule has 2 heterocycles. The minimum absolute atomic E-state index is 0.0458. The second-order valence-corrected chi connectivity index (χ2v) is 6.54. The molecule has 0 aromatic heterocycles. The highest BCUT2D eigenvalue weighted by Gasteiger charge is 2.44. The maximum absolute atomic E-state index is 14.4. The Labute approximate surface area is 131 Å². The molecule has 23 heavy (non-hydrogen) atoms. The van der Waals surface area contributed by atoms with Gasteiger partial charge in [-0.1, -0.05) is 0 Å². The van der Waals surface area contributed by atoms with Crippen molar-refractivity contribution in [3.63, 3.8) is 0 Å². The molecule has 1 aromatic carbocycles. The topological polar surface area (TPSA) is 92.5 Å².